The van der Waals surface area contributed by atoms with Gasteiger partial charge >= 0.3 is 5.97 Å². The predicted octanol–water partition coefficient (Wildman–Crippen LogP) is 1.93. The number of methoxy groups -OCH3 is 1. The molecule has 0 saturated carbocycles. The topological polar surface area (TPSA) is 70.2 Å². The van der Waals surface area contributed by atoms with Gasteiger partial charge in [-0.25, -0.2) is 17.6 Å². The molecule has 0 N–H and O–H groups in total. The second-order valence-corrected chi connectivity index (χ2v) is 9.11. The summed E-state index contributed by atoms with van der Waals surface area (Å²) in [7, 11) is 0.466. The Morgan fingerprint density at radius 1 is 1.09 bits per heavy atom. The summed E-state index contributed by atoms with van der Waals surface area (Å²) in [5.41, 5.74) is 2.54. The Hall–Kier alpha value is -2.33. The largest absolute Gasteiger partial charge is 0.465 e. The number of benzene rings is 2. The van der Waals surface area contributed by atoms with E-state index in [1.54, 1.807) is 0 Å². The van der Waals surface area contributed by atoms with E-state index in [0.29, 0.717) is 6.42 Å². The minimum atomic E-state index is -2.88. The van der Waals surface area contributed by atoms with Gasteiger partial charge in [0.05, 0.1) is 12.7 Å². The number of halogens is 1. The fourth-order valence-electron chi connectivity index (χ4n) is 3.74. The van der Waals surface area contributed by atoms with Crippen molar-refractivity contribution >= 4 is 16.9 Å². The molecule has 0 radical (unpaired) electrons. The summed E-state index contributed by atoms with van der Waals surface area (Å²) in [5.74, 6) is -1.28. The van der Waals surface area contributed by atoms with Crippen LogP contribution >= 0.6 is 0 Å². The van der Waals surface area contributed by atoms with Crippen molar-refractivity contribution in [3.05, 3.63) is 70.5 Å². The van der Waals surface area contributed by atoms with Gasteiger partial charge in [0.2, 0.25) is 10.9 Å². The molecule has 1 saturated heterocycles. The minimum absolute atomic E-state index is 0.0870. The molecule has 7 nitrogen and oxygen atoms in total. The fraction of sp³-hybridized carbons (Fsp3) is 0.435. The molecular weight excluding hydrogens is 433 g/mol. The summed E-state index contributed by atoms with van der Waals surface area (Å²) >= 11 is 0. The van der Waals surface area contributed by atoms with Crippen LogP contribution in [0.15, 0.2) is 42.5 Å². The highest BCUT2D eigenvalue weighted by Crippen LogP contribution is 2.16. The number of hydrogen-bond acceptors (Lipinski definition) is 6. The summed E-state index contributed by atoms with van der Waals surface area (Å²) in [6, 6.07) is 12.1. The number of esters is 1. The first-order chi connectivity index (χ1) is 15.4. The molecule has 0 bridgehead atoms. The van der Waals surface area contributed by atoms with Gasteiger partial charge in [-0.2, -0.15) is 4.31 Å². The smallest absolute Gasteiger partial charge is 0.337 e. The number of carbonyl (C=O) groups is 1. The van der Waals surface area contributed by atoms with E-state index in [-0.39, 0.29) is 24.2 Å². The molecule has 1 fully saturated rings. The lowest BCUT2D eigenvalue weighted by atomic mass is 10.1. The third-order valence-corrected chi connectivity index (χ3v) is 6.51. The van der Waals surface area contributed by atoms with Gasteiger partial charge in [0.15, 0.2) is 0 Å². The number of hydrogen-bond donors (Lipinski definition) is 1. The lowest BCUT2D eigenvalue weighted by molar-refractivity contribution is 0.0600. The Labute approximate surface area is 190 Å². The first-order valence-electron chi connectivity index (χ1n) is 10.6. The number of thiol groups is 1. The quantitative estimate of drug-likeness (QED) is 0.453. The van der Waals surface area contributed by atoms with Crippen LogP contribution in [0.1, 0.15) is 27.0 Å². The van der Waals surface area contributed by atoms with Crippen LogP contribution in [0.4, 0.5) is 4.39 Å². The van der Waals surface area contributed by atoms with Gasteiger partial charge in [-0.1, -0.05) is 30.3 Å². The number of piperazine rings is 1. The maximum Gasteiger partial charge on any atom is 0.337 e. The second kappa shape index (κ2) is 11.5. The summed E-state index contributed by atoms with van der Waals surface area (Å²) in [4.78, 5) is 16.3. The van der Waals surface area contributed by atoms with Gasteiger partial charge < -0.3 is 9.64 Å². The summed E-state index contributed by atoms with van der Waals surface area (Å²) in [5, 5.41) is 0. The summed E-state index contributed by atoms with van der Waals surface area (Å²) < 4.78 is 43.7. The standard InChI is InChI=1S/C23H30FN3O4S/c1-25-10-12-26(13-11-25)16-19-5-3-4-18(14-19)8-9-27(32(29)30)17-21-7-6-20(15-22(21)24)23(28)31-2/h3-7,14-15,32H,8-13,16-17H2,1-2H3. The molecule has 0 unspecified atom stereocenters. The maximum atomic E-state index is 14.4. The Bertz CT molecular complexity index is 998. The lowest BCUT2D eigenvalue weighted by Gasteiger charge is -2.32. The molecular formula is C23H30FN3O4S. The van der Waals surface area contributed by atoms with Crippen molar-refractivity contribution in [2.24, 2.45) is 0 Å². The van der Waals surface area contributed by atoms with E-state index in [1.165, 1.54) is 29.1 Å². The molecule has 32 heavy (non-hydrogen) atoms. The highest BCUT2D eigenvalue weighted by molar-refractivity contribution is 7.69. The Morgan fingerprint density at radius 3 is 2.47 bits per heavy atom. The molecule has 0 aliphatic carbocycles. The lowest BCUT2D eigenvalue weighted by Crippen LogP contribution is -2.43. The average molecular weight is 464 g/mol. The third-order valence-electron chi connectivity index (χ3n) is 5.71. The van der Waals surface area contributed by atoms with Crippen LogP contribution in [0.2, 0.25) is 0 Å². The van der Waals surface area contributed by atoms with Crippen LogP contribution in [0.25, 0.3) is 0 Å². The van der Waals surface area contributed by atoms with E-state index in [0.717, 1.165) is 44.4 Å². The van der Waals surface area contributed by atoms with Gasteiger partial charge in [-0.3, -0.25) is 4.90 Å². The first kappa shape index (κ1) is 24.3. The first-order valence-corrected chi connectivity index (χ1v) is 11.7. The van der Waals surface area contributed by atoms with Crippen LogP contribution in [-0.2, 0) is 35.1 Å². The number of ether oxygens (including phenoxy) is 1. The molecule has 3 rings (SSSR count). The monoisotopic (exact) mass is 463 g/mol. The number of nitrogens with zero attached hydrogens (tertiary/aromatic N) is 3. The molecule has 1 aliphatic heterocycles. The normalized spacial score (nSPS) is 15.4. The van der Waals surface area contributed by atoms with Crippen LogP contribution in [0.3, 0.4) is 0 Å². The van der Waals surface area contributed by atoms with Crippen LogP contribution in [-0.4, -0.2) is 75.4 Å². The van der Waals surface area contributed by atoms with Gasteiger partial charge in [-0.15, -0.1) is 0 Å². The molecule has 174 valence electrons. The molecule has 1 heterocycles. The average Bonchev–Trinajstić information content (AvgIpc) is 2.78. The molecule has 2 aromatic rings. The zero-order valence-corrected chi connectivity index (χ0v) is 19.4. The molecule has 2 aromatic carbocycles. The summed E-state index contributed by atoms with van der Waals surface area (Å²) in [6.07, 6.45) is 0.530. The summed E-state index contributed by atoms with van der Waals surface area (Å²) in [6.45, 7) is 5.21. The van der Waals surface area contributed by atoms with Crippen molar-refractivity contribution < 1.29 is 22.3 Å². The van der Waals surface area contributed by atoms with E-state index < -0.39 is 22.7 Å². The van der Waals surface area contributed by atoms with Crippen molar-refractivity contribution in [1.29, 1.82) is 0 Å². The van der Waals surface area contributed by atoms with E-state index in [9.17, 15) is 17.6 Å². The van der Waals surface area contributed by atoms with Crippen LogP contribution in [0, 0.1) is 5.82 Å². The fourth-order valence-corrected chi connectivity index (χ4v) is 4.27. The predicted molar refractivity (Wildman–Crippen MR) is 121 cm³/mol. The van der Waals surface area contributed by atoms with Crippen LogP contribution in [0.5, 0.6) is 0 Å². The van der Waals surface area contributed by atoms with E-state index >= 15 is 0 Å². The molecule has 0 atom stereocenters. The number of carbonyl (C=O) groups excluding carboxylic acids is 1. The van der Waals surface area contributed by atoms with Gasteiger partial charge in [0.25, 0.3) is 0 Å². The van der Waals surface area contributed by atoms with Gasteiger partial charge in [-0.05, 0) is 36.7 Å². The molecule has 0 aromatic heterocycles. The molecule has 1 aliphatic rings. The van der Waals surface area contributed by atoms with Crippen molar-refractivity contribution in [1.82, 2.24) is 14.1 Å². The van der Waals surface area contributed by atoms with Crippen LogP contribution < -0.4 is 0 Å². The number of rotatable bonds is 9. The molecule has 9 heteroatoms. The van der Waals surface area contributed by atoms with E-state index in [1.807, 2.05) is 12.1 Å². The zero-order valence-electron chi connectivity index (χ0n) is 18.5. The van der Waals surface area contributed by atoms with E-state index in [4.69, 9.17) is 0 Å². The molecule has 0 amide bonds. The van der Waals surface area contributed by atoms with Gasteiger partial charge in [0.1, 0.15) is 5.82 Å². The van der Waals surface area contributed by atoms with Gasteiger partial charge in [0, 0.05) is 51.4 Å². The maximum absolute atomic E-state index is 14.4. The Kier molecular flexibility index (Phi) is 8.75. The third kappa shape index (κ3) is 6.83. The van der Waals surface area contributed by atoms with Crippen molar-refractivity contribution in [2.75, 3.05) is 46.9 Å². The van der Waals surface area contributed by atoms with Crippen molar-refractivity contribution in [3.8, 4) is 0 Å². The van der Waals surface area contributed by atoms with E-state index in [2.05, 4.69) is 33.7 Å². The highest BCUT2D eigenvalue weighted by atomic mass is 32.2. The second-order valence-electron chi connectivity index (χ2n) is 8.07. The molecule has 0 spiro atoms. The number of likely N-dealkylation sites (N-methyl/N-ethyl adjacent to an activating group) is 1. The zero-order chi connectivity index (χ0) is 23.1. The Morgan fingerprint density at radius 2 is 1.81 bits per heavy atom. The minimum Gasteiger partial charge on any atom is -0.465 e. The Balaban J connectivity index is 1.61. The van der Waals surface area contributed by atoms with Crippen molar-refractivity contribution in [2.45, 2.75) is 19.5 Å². The highest BCUT2D eigenvalue weighted by Gasteiger charge is 2.16. The SMILES string of the molecule is COC(=O)c1ccc(CN(CCc2cccc(CN3CCN(C)CC3)c2)[SH](=O)=O)c(F)c1. The van der Waals surface area contributed by atoms with Crippen molar-refractivity contribution in [3.63, 3.8) is 0 Å².